The molecule has 0 aromatic rings. The predicted molar refractivity (Wildman–Crippen MR) is 95.6 cm³/mol. The molecular weight excluding hydrogens is 318 g/mol. The van der Waals surface area contributed by atoms with E-state index < -0.39 is 0 Å². The number of amides is 1. The lowest BCUT2D eigenvalue weighted by molar-refractivity contribution is -0.176. The van der Waals surface area contributed by atoms with Crippen molar-refractivity contribution in [3.8, 4) is 0 Å². The number of aliphatic hydroxyl groups excluding tert-OH is 1. The van der Waals surface area contributed by atoms with E-state index in [4.69, 9.17) is 9.47 Å². The number of allylic oxidation sites excluding steroid dienone is 1. The lowest BCUT2D eigenvalue weighted by Gasteiger charge is -2.39. The summed E-state index contributed by atoms with van der Waals surface area (Å²) in [6, 6.07) is 0.305. The Kier molecular flexibility index (Phi) is 6.77. The highest BCUT2D eigenvalue weighted by molar-refractivity contribution is 5.91. The summed E-state index contributed by atoms with van der Waals surface area (Å²) in [6.45, 7) is 2.71. The number of aliphatic hydroxyl groups is 1. The molecule has 2 fully saturated rings. The fraction of sp³-hybridized carbons (Fsp3) is 0.850. The van der Waals surface area contributed by atoms with Crippen LogP contribution in [0.2, 0.25) is 0 Å². The molecule has 1 heterocycles. The van der Waals surface area contributed by atoms with Gasteiger partial charge in [-0.05, 0) is 69.8 Å². The Bertz CT molecular complexity index is 468. The summed E-state index contributed by atoms with van der Waals surface area (Å²) in [7, 11) is 0. The predicted octanol–water partition coefficient (Wildman–Crippen LogP) is 3.13. The average molecular weight is 351 g/mol. The van der Waals surface area contributed by atoms with Crippen LogP contribution in [0.4, 0.5) is 0 Å². The van der Waals surface area contributed by atoms with Gasteiger partial charge in [-0.25, -0.2) is 0 Å². The molecule has 3 atom stereocenters. The third kappa shape index (κ3) is 4.56. The average Bonchev–Trinajstić information content (AvgIpc) is 3.11. The monoisotopic (exact) mass is 351 g/mol. The van der Waals surface area contributed by atoms with Crippen LogP contribution in [0.15, 0.2) is 11.8 Å². The summed E-state index contributed by atoms with van der Waals surface area (Å²) in [4.78, 5) is 12.6. The van der Waals surface area contributed by atoms with Gasteiger partial charge >= 0.3 is 0 Å². The van der Waals surface area contributed by atoms with E-state index in [1.807, 2.05) is 6.92 Å². The van der Waals surface area contributed by atoms with Gasteiger partial charge in [-0.2, -0.15) is 0 Å². The van der Waals surface area contributed by atoms with Crippen molar-refractivity contribution in [3.05, 3.63) is 11.8 Å². The van der Waals surface area contributed by atoms with Crippen LogP contribution in [-0.4, -0.2) is 36.6 Å². The summed E-state index contributed by atoms with van der Waals surface area (Å²) in [6.07, 6.45) is 11.6. The molecule has 3 aliphatic rings. The highest BCUT2D eigenvalue weighted by atomic mass is 16.7. The van der Waals surface area contributed by atoms with Gasteiger partial charge in [0.1, 0.15) is 0 Å². The highest BCUT2D eigenvalue weighted by Gasteiger charge is 2.41. The van der Waals surface area contributed by atoms with Crippen LogP contribution in [0.3, 0.4) is 0 Å². The van der Waals surface area contributed by atoms with E-state index in [1.165, 1.54) is 32.1 Å². The van der Waals surface area contributed by atoms with Gasteiger partial charge in [0.05, 0.1) is 0 Å². The fourth-order valence-electron chi connectivity index (χ4n) is 4.48. The molecule has 142 valence electrons. The van der Waals surface area contributed by atoms with Crippen LogP contribution in [0.25, 0.3) is 0 Å². The number of hydrogen-bond acceptors (Lipinski definition) is 4. The minimum Gasteiger partial charge on any atom is -0.459 e. The third-order valence-corrected chi connectivity index (χ3v) is 6.07. The van der Waals surface area contributed by atoms with E-state index in [0.29, 0.717) is 30.2 Å². The van der Waals surface area contributed by atoms with Gasteiger partial charge in [-0.15, -0.1) is 0 Å². The lowest BCUT2D eigenvalue weighted by Crippen LogP contribution is -2.45. The van der Waals surface area contributed by atoms with Crippen molar-refractivity contribution in [1.29, 1.82) is 0 Å². The molecule has 0 spiro atoms. The standard InChI is InChI=1S/C20H33NO4/c1-2-24-20-16(11-6-12-22)17(14-7-3-4-8-14)13-18(25-20)19(23)21-15-9-5-10-15/h13-17,20,22H,2-12H2,1H3,(H,21,23)/t16-,17+,20+/m0/s1. The molecule has 3 rings (SSSR count). The topological polar surface area (TPSA) is 67.8 Å². The molecule has 2 N–H and O–H groups in total. The minimum absolute atomic E-state index is 0.0852. The molecule has 2 aliphatic carbocycles. The number of ether oxygens (including phenoxy) is 2. The Hall–Kier alpha value is -1.07. The molecule has 1 amide bonds. The zero-order chi connectivity index (χ0) is 17.6. The van der Waals surface area contributed by atoms with Crippen molar-refractivity contribution < 1.29 is 19.4 Å². The third-order valence-electron chi connectivity index (χ3n) is 6.07. The first kappa shape index (κ1) is 18.7. The second-order valence-electron chi connectivity index (χ2n) is 7.73. The molecule has 0 unspecified atom stereocenters. The Morgan fingerprint density at radius 1 is 1.28 bits per heavy atom. The fourth-order valence-corrected chi connectivity index (χ4v) is 4.48. The van der Waals surface area contributed by atoms with Gasteiger partial charge in [-0.1, -0.05) is 12.8 Å². The van der Waals surface area contributed by atoms with Gasteiger partial charge in [0.15, 0.2) is 5.76 Å². The van der Waals surface area contributed by atoms with Crippen molar-refractivity contribution in [1.82, 2.24) is 5.32 Å². The molecule has 0 radical (unpaired) electrons. The normalized spacial score (nSPS) is 30.5. The smallest absolute Gasteiger partial charge is 0.286 e. The van der Waals surface area contributed by atoms with E-state index in [0.717, 1.165) is 25.7 Å². The summed E-state index contributed by atoms with van der Waals surface area (Å²) >= 11 is 0. The second-order valence-corrected chi connectivity index (χ2v) is 7.73. The summed E-state index contributed by atoms with van der Waals surface area (Å²) in [5, 5.41) is 12.4. The Labute approximate surface area is 151 Å². The van der Waals surface area contributed by atoms with E-state index in [-0.39, 0.29) is 24.7 Å². The van der Waals surface area contributed by atoms with Crippen LogP contribution < -0.4 is 5.32 Å². The largest absolute Gasteiger partial charge is 0.459 e. The summed E-state index contributed by atoms with van der Waals surface area (Å²) in [5.41, 5.74) is 0. The van der Waals surface area contributed by atoms with Crippen LogP contribution in [0.5, 0.6) is 0 Å². The van der Waals surface area contributed by atoms with Crippen molar-refractivity contribution in [3.63, 3.8) is 0 Å². The van der Waals surface area contributed by atoms with E-state index in [1.54, 1.807) is 0 Å². The molecular formula is C20H33NO4. The van der Waals surface area contributed by atoms with Gasteiger partial charge in [0.2, 0.25) is 6.29 Å². The molecule has 0 saturated heterocycles. The maximum atomic E-state index is 12.6. The van der Waals surface area contributed by atoms with Crippen LogP contribution in [-0.2, 0) is 14.3 Å². The number of nitrogens with one attached hydrogen (secondary N) is 1. The molecule has 0 aromatic heterocycles. The van der Waals surface area contributed by atoms with Crippen molar-refractivity contribution in [2.24, 2.45) is 17.8 Å². The van der Waals surface area contributed by atoms with Gasteiger partial charge < -0.3 is 19.9 Å². The SMILES string of the molecule is CCO[C@@H]1OC(C(=O)NC2CCC2)=C[C@H](C2CCCC2)[C@@H]1CCCO. The molecule has 5 nitrogen and oxygen atoms in total. The minimum atomic E-state index is -0.380. The number of carbonyl (C=O) groups excluding carboxylic acids is 1. The number of rotatable bonds is 8. The second kappa shape index (κ2) is 9.04. The maximum Gasteiger partial charge on any atom is 0.286 e. The first-order valence-corrected chi connectivity index (χ1v) is 10.1. The van der Waals surface area contributed by atoms with Crippen molar-refractivity contribution >= 4 is 5.91 Å². The van der Waals surface area contributed by atoms with E-state index in [2.05, 4.69) is 11.4 Å². The van der Waals surface area contributed by atoms with Crippen LogP contribution in [0, 0.1) is 17.8 Å². The Morgan fingerprint density at radius 2 is 2.04 bits per heavy atom. The Morgan fingerprint density at radius 3 is 2.64 bits per heavy atom. The zero-order valence-electron chi connectivity index (χ0n) is 15.4. The molecule has 0 aromatic carbocycles. The first-order valence-electron chi connectivity index (χ1n) is 10.1. The number of carbonyl (C=O) groups is 1. The van der Waals surface area contributed by atoms with E-state index >= 15 is 0 Å². The van der Waals surface area contributed by atoms with Crippen LogP contribution in [0.1, 0.15) is 64.7 Å². The molecule has 0 bridgehead atoms. The first-order chi connectivity index (χ1) is 12.2. The van der Waals surface area contributed by atoms with Crippen LogP contribution >= 0.6 is 0 Å². The van der Waals surface area contributed by atoms with Crippen molar-refractivity contribution in [2.45, 2.75) is 77.0 Å². The summed E-state index contributed by atoms with van der Waals surface area (Å²) < 4.78 is 11.9. The summed E-state index contributed by atoms with van der Waals surface area (Å²) in [5.74, 6) is 1.49. The maximum absolute atomic E-state index is 12.6. The lowest BCUT2D eigenvalue weighted by atomic mass is 9.76. The van der Waals surface area contributed by atoms with Gasteiger partial charge in [-0.3, -0.25) is 4.79 Å². The van der Waals surface area contributed by atoms with Gasteiger partial charge in [0, 0.05) is 25.2 Å². The molecule has 2 saturated carbocycles. The Balaban J connectivity index is 1.77. The molecule has 1 aliphatic heterocycles. The van der Waals surface area contributed by atoms with E-state index in [9.17, 15) is 9.90 Å². The van der Waals surface area contributed by atoms with Crippen molar-refractivity contribution in [2.75, 3.05) is 13.2 Å². The quantitative estimate of drug-likeness (QED) is 0.705. The molecule has 5 heteroatoms. The molecule has 25 heavy (non-hydrogen) atoms. The zero-order valence-corrected chi connectivity index (χ0v) is 15.4. The van der Waals surface area contributed by atoms with Gasteiger partial charge in [0.25, 0.3) is 5.91 Å². The number of hydrogen-bond donors (Lipinski definition) is 2. The highest BCUT2D eigenvalue weighted by Crippen LogP contribution is 2.43.